The Bertz CT molecular complexity index is 556. The fourth-order valence-corrected chi connectivity index (χ4v) is 3.25. The van der Waals surface area contributed by atoms with Crippen LogP contribution in [0.3, 0.4) is 0 Å². The first-order valence-corrected chi connectivity index (χ1v) is 8.01. The number of hydrogen-bond donors (Lipinski definition) is 2. The standard InChI is InChI=1S/C13H10BrCl2IN2/c14-7-1-4-12(17)10(5-7)13(19-18)9-6-8(15)2-3-11(9)16/h1-6,13,19H,18H2. The van der Waals surface area contributed by atoms with Crippen LogP contribution in [0.15, 0.2) is 40.9 Å². The van der Waals surface area contributed by atoms with Gasteiger partial charge in [-0.2, -0.15) is 0 Å². The van der Waals surface area contributed by atoms with Crippen LogP contribution in [-0.4, -0.2) is 0 Å². The lowest BCUT2D eigenvalue weighted by Gasteiger charge is -2.20. The minimum absolute atomic E-state index is 0.212. The first-order valence-electron chi connectivity index (χ1n) is 5.39. The molecule has 1 unspecified atom stereocenters. The van der Waals surface area contributed by atoms with E-state index in [1.54, 1.807) is 12.1 Å². The van der Waals surface area contributed by atoms with Crippen molar-refractivity contribution in [3.05, 3.63) is 65.6 Å². The van der Waals surface area contributed by atoms with Crippen molar-refractivity contribution in [3.8, 4) is 0 Å². The zero-order valence-corrected chi connectivity index (χ0v) is 14.9. The predicted molar refractivity (Wildman–Crippen MR) is 92.5 cm³/mol. The van der Waals surface area contributed by atoms with Crippen LogP contribution in [0.2, 0.25) is 10.0 Å². The van der Waals surface area contributed by atoms with Crippen molar-refractivity contribution in [1.82, 2.24) is 5.43 Å². The highest BCUT2D eigenvalue weighted by Gasteiger charge is 2.18. The van der Waals surface area contributed by atoms with Gasteiger partial charge >= 0.3 is 0 Å². The van der Waals surface area contributed by atoms with E-state index in [0.29, 0.717) is 10.0 Å². The molecule has 0 aliphatic heterocycles. The zero-order valence-electron chi connectivity index (χ0n) is 9.63. The lowest BCUT2D eigenvalue weighted by Crippen LogP contribution is -2.29. The van der Waals surface area contributed by atoms with Crippen LogP contribution >= 0.6 is 61.7 Å². The Morgan fingerprint density at radius 1 is 1.11 bits per heavy atom. The Balaban J connectivity index is 2.55. The van der Waals surface area contributed by atoms with Gasteiger partial charge in [0.25, 0.3) is 0 Å². The van der Waals surface area contributed by atoms with Gasteiger partial charge in [0.1, 0.15) is 0 Å². The van der Waals surface area contributed by atoms with Gasteiger partial charge in [-0.1, -0.05) is 39.1 Å². The maximum Gasteiger partial charge on any atom is 0.0735 e. The van der Waals surface area contributed by atoms with Gasteiger partial charge in [-0.25, -0.2) is 5.43 Å². The summed E-state index contributed by atoms with van der Waals surface area (Å²) >= 11 is 18.0. The SMILES string of the molecule is NNC(c1cc(Cl)ccc1Cl)c1cc(Br)ccc1I. The number of nitrogens with one attached hydrogen (secondary N) is 1. The monoisotopic (exact) mass is 470 g/mol. The molecule has 2 rings (SSSR count). The van der Waals surface area contributed by atoms with E-state index in [2.05, 4.69) is 43.9 Å². The molecule has 1 atom stereocenters. The third-order valence-corrected chi connectivity index (χ3v) is 4.76. The highest BCUT2D eigenvalue weighted by molar-refractivity contribution is 14.1. The van der Waals surface area contributed by atoms with E-state index in [1.165, 1.54) is 0 Å². The van der Waals surface area contributed by atoms with Gasteiger partial charge in [0.15, 0.2) is 0 Å². The Morgan fingerprint density at radius 3 is 2.53 bits per heavy atom. The molecule has 0 amide bonds. The lowest BCUT2D eigenvalue weighted by molar-refractivity contribution is 0.634. The summed E-state index contributed by atoms with van der Waals surface area (Å²) in [6.45, 7) is 0. The van der Waals surface area contributed by atoms with E-state index in [-0.39, 0.29) is 6.04 Å². The van der Waals surface area contributed by atoms with Crippen molar-refractivity contribution in [3.63, 3.8) is 0 Å². The number of hydrazine groups is 1. The molecule has 6 heteroatoms. The molecule has 2 aromatic rings. The maximum atomic E-state index is 6.24. The maximum absolute atomic E-state index is 6.24. The Labute approximate surface area is 143 Å². The number of benzene rings is 2. The van der Waals surface area contributed by atoms with Crippen LogP contribution in [0.4, 0.5) is 0 Å². The first kappa shape index (κ1) is 15.5. The molecule has 0 aliphatic carbocycles. The van der Waals surface area contributed by atoms with Crippen LogP contribution in [0.25, 0.3) is 0 Å². The van der Waals surface area contributed by atoms with Gasteiger partial charge in [-0.15, -0.1) is 0 Å². The molecule has 0 spiro atoms. The van der Waals surface area contributed by atoms with Crippen molar-refractivity contribution in [2.45, 2.75) is 6.04 Å². The summed E-state index contributed by atoms with van der Waals surface area (Å²) in [4.78, 5) is 0. The number of hydrogen-bond acceptors (Lipinski definition) is 2. The first-order chi connectivity index (χ1) is 9.02. The van der Waals surface area contributed by atoms with Crippen molar-refractivity contribution in [1.29, 1.82) is 0 Å². The number of halogens is 4. The van der Waals surface area contributed by atoms with Crippen LogP contribution in [0, 0.1) is 3.57 Å². The van der Waals surface area contributed by atoms with E-state index in [4.69, 9.17) is 29.0 Å². The summed E-state index contributed by atoms with van der Waals surface area (Å²) in [5.41, 5.74) is 4.70. The quantitative estimate of drug-likeness (QED) is 0.379. The highest BCUT2D eigenvalue weighted by atomic mass is 127. The van der Waals surface area contributed by atoms with Gasteiger partial charge in [0.05, 0.1) is 6.04 Å². The second-order valence-electron chi connectivity index (χ2n) is 3.93. The molecule has 0 heterocycles. The fraction of sp³-hybridized carbons (Fsp3) is 0.0769. The topological polar surface area (TPSA) is 38.0 Å². The van der Waals surface area contributed by atoms with Gasteiger partial charge in [0, 0.05) is 18.1 Å². The number of nitrogens with two attached hydrogens (primary N) is 1. The van der Waals surface area contributed by atoms with E-state index in [1.807, 2.05) is 24.3 Å². The van der Waals surface area contributed by atoms with Crippen molar-refractivity contribution in [2.75, 3.05) is 0 Å². The molecule has 0 aliphatic rings. The molecule has 0 radical (unpaired) electrons. The van der Waals surface area contributed by atoms with Gasteiger partial charge in [-0.05, 0) is 70.1 Å². The summed E-state index contributed by atoms with van der Waals surface area (Å²) in [5.74, 6) is 5.70. The molecule has 3 N–H and O–H groups in total. The molecule has 100 valence electrons. The van der Waals surface area contributed by atoms with E-state index < -0.39 is 0 Å². The molecule has 2 aromatic carbocycles. The van der Waals surface area contributed by atoms with Crippen LogP contribution in [0.5, 0.6) is 0 Å². The summed E-state index contributed by atoms with van der Waals surface area (Å²) in [6, 6.07) is 11.2. The Hall–Kier alpha value is 0.150. The molecule has 0 saturated heterocycles. The molecular weight excluding hydrogens is 462 g/mol. The van der Waals surface area contributed by atoms with Crippen LogP contribution < -0.4 is 11.3 Å². The predicted octanol–water partition coefficient (Wildman–Crippen LogP) is 4.91. The second kappa shape index (κ2) is 6.74. The normalized spacial score (nSPS) is 12.5. The smallest absolute Gasteiger partial charge is 0.0735 e. The molecule has 2 nitrogen and oxygen atoms in total. The van der Waals surface area contributed by atoms with E-state index in [9.17, 15) is 0 Å². The third kappa shape index (κ3) is 3.62. The average molecular weight is 472 g/mol. The zero-order chi connectivity index (χ0) is 14.0. The molecule has 19 heavy (non-hydrogen) atoms. The van der Waals surface area contributed by atoms with Crippen LogP contribution in [-0.2, 0) is 0 Å². The molecule has 0 bridgehead atoms. The van der Waals surface area contributed by atoms with Gasteiger partial charge in [0.2, 0.25) is 0 Å². The Morgan fingerprint density at radius 2 is 1.84 bits per heavy atom. The summed E-state index contributed by atoms with van der Waals surface area (Å²) < 4.78 is 2.08. The van der Waals surface area contributed by atoms with Crippen molar-refractivity contribution >= 4 is 61.7 Å². The van der Waals surface area contributed by atoms with Crippen molar-refractivity contribution in [2.24, 2.45) is 5.84 Å². The van der Waals surface area contributed by atoms with E-state index >= 15 is 0 Å². The number of rotatable bonds is 3. The summed E-state index contributed by atoms with van der Waals surface area (Å²) in [7, 11) is 0. The minimum atomic E-state index is -0.212. The Kier molecular flexibility index (Phi) is 5.51. The minimum Gasteiger partial charge on any atom is -0.271 e. The molecular formula is C13H10BrCl2IN2. The third-order valence-electron chi connectivity index (χ3n) is 2.70. The van der Waals surface area contributed by atoms with Crippen LogP contribution in [0.1, 0.15) is 17.2 Å². The fourth-order valence-electron chi connectivity index (χ4n) is 1.82. The van der Waals surface area contributed by atoms with Crippen molar-refractivity contribution < 1.29 is 0 Å². The highest BCUT2D eigenvalue weighted by Crippen LogP contribution is 2.33. The summed E-state index contributed by atoms with van der Waals surface area (Å²) in [6.07, 6.45) is 0. The molecule has 0 saturated carbocycles. The largest absolute Gasteiger partial charge is 0.271 e. The lowest BCUT2D eigenvalue weighted by atomic mass is 9.99. The summed E-state index contributed by atoms with van der Waals surface area (Å²) in [5, 5.41) is 1.26. The van der Waals surface area contributed by atoms with Gasteiger partial charge < -0.3 is 0 Å². The second-order valence-corrected chi connectivity index (χ2v) is 6.85. The average Bonchev–Trinajstić information content (AvgIpc) is 2.38. The molecule has 0 aromatic heterocycles. The van der Waals surface area contributed by atoms with E-state index in [0.717, 1.165) is 19.2 Å². The van der Waals surface area contributed by atoms with Gasteiger partial charge in [-0.3, -0.25) is 5.84 Å². The molecule has 0 fully saturated rings.